The van der Waals surface area contributed by atoms with Crippen molar-refractivity contribution in [3.63, 3.8) is 0 Å². The molecule has 3 atom stereocenters. The monoisotopic (exact) mass is 298 g/mol. The fraction of sp³-hybridized carbons (Fsp3) is 0.600. The molecule has 2 aliphatic carbocycles. The van der Waals surface area contributed by atoms with Crippen LogP contribution in [-0.2, 0) is 6.54 Å². The van der Waals surface area contributed by atoms with Crippen molar-refractivity contribution in [2.75, 3.05) is 32.7 Å². The van der Waals surface area contributed by atoms with Gasteiger partial charge in [0.1, 0.15) is 32.7 Å². The number of piperazine rings is 1. The molecular formula is C20H30N2+2. The molecule has 2 heteroatoms. The number of aryl methyl sites for hydroxylation is 1. The summed E-state index contributed by atoms with van der Waals surface area (Å²) in [6, 6.07) is 9.12. The van der Waals surface area contributed by atoms with Gasteiger partial charge in [-0.05, 0) is 31.6 Å². The maximum atomic E-state index is 2.51. The molecular weight excluding hydrogens is 268 g/mol. The minimum atomic E-state index is 0.926. The first kappa shape index (κ1) is 14.5. The summed E-state index contributed by atoms with van der Waals surface area (Å²) in [7, 11) is 0. The number of quaternary nitrogens is 2. The van der Waals surface area contributed by atoms with E-state index in [1.807, 2.05) is 4.90 Å². The maximum Gasteiger partial charge on any atom is 0.127 e. The van der Waals surface area contributed by atoms with Gasteiger partial charge in [0.05, 0.1) is 6.54 Å². The van der Waals surface area contributed by atoms with Gasteiger partial charge in [-0.2, -0.15) is 0 Å². The number of hydrogen-bond acceptors (Lipinski definition) is 0. The molecule has 2 bridgehead atoms. The van der Waals surface area contributed by atoms with Gasteiger partial charge in [-0.25, -0.2) is 0 Å². The Kier molecular flexibility index (Phi) is 4.06. The number of allylic oxidation sites excluding steroid dienone is 2. The van der Waals surface area contributed by atoms with Gasteiger partial charge in [0.2, 0.25) is 0 Å². The van der Waals surface area contributed by atoms with E-state index in [1.165, 1.54) is 63.2 Å². The highest BCUT2D eigenvalue weighted by molar-refractivity contribution is 5.20. The first-order chi connectivity index (χ1) is 10.8. The number of rotatable bonds is 4. The molecule has 22 heavy (non-hydrogen) atoms. The molecule has 1 saturated carbocycles. The van der Waals surface area contributed by atoms with Gasteiger partial charge in [-0.3, -0.25) is 0 Å². The SMILES string of the molecule is Cc1ccc(C[NH+]2CC[NH+](C[C@H]3C[C@@H]4C=C[C@H]3C4)CC2)cc1. The lowest BCUT2D eigenvalue weighted by Crippen LogP contribution is -3.27. The number of hydrogen-bond donors (Lipinski definition) is 2. The van der Waals surface area contributed by atoms with Crippen molar-refractivity contribution in [2.45, 2.75) is 26.3 Å². The van der Waals surface area contributed by atoms with E-state index in [2.05, 4.69) is 43.3 Å². The maximum absolute atomic E-state index is 2.51. The van der Waals surface area contributed by atoms with E-state index in [9.17, 15) is 0 Å². The van der Waals surface area contributed by atoms with Crippen LogP contribution in [-0.4, -0.2) is 32.7 Å². The molecule has 2 N–H and O–H groups in total. The second-order valence-electron chi connectivity index (χ2n) is 7.91. The van der Waals surface area contributed by atoms with E-state index in [-0.39, 0.29) is 0 Å². The quantitative estimate of drug-likeness (QED) is 0.749. The van der Waals surface area contributed by atoms with Gasteiger partial charge >= 0.3 is 0 Å². The minimum absolute atomic E-state index is 0.926. The van der Waals surface area contributed by atoms with Crippen LogP contribution in [0.15, 0.2) is 36.4 Å². The third-order valence-corrected chi connectivity index (χ3v) is 6.21. The Balaban J connectivity index is 1.24. The molecule has 0 amide bonds. The predicted octanol–water partition coefficient (Wildman–Crippen LogP) is 0.491. The summed E-state index contributed by atoms with van der Waals surface area (Å²) in [5.41, 5.74) is 2.87. The van der Waals surface area contributed by atoms with Crippen molar-refractivity contribution in [2.24, 2.45) is 17.8 Å². The number of benzene rings is 1. The third-order valence-electron chi connectivity index (χ3n) is 6.21. The molecule has 3 aliphatic rings. The zero-order valence-electron chi connectivity index (χ0n) is 13.9. The Morgan fingerprint density at radius 2 is 1.64 bits per heavy atom. The predicted molar refractivity (Wildman–Crippen MR) is 90.0 cm³/mol. The highest BCUT2D eigenvalue weighted by Crippen LogP contribution is 2.42. The number of nitrogens with one attached hydrogen (secondary N) is 2. The van der Waals surface area contributed by atoms with Crippen molar-refractivity contribution in [1.82, 2.24) is 0 Å². The van der Waals surface area contributed by atoms with E-state index in [0.717, 1.165) is 17.8 Å². The van der Waals surface area contributed by atoms with Crippen LogP contribution in [0.5, 0.6) is 0 Å². The molecule has 1 aromatic carbocycles. The van der Waals surface area contributed by atoms with E-state index < -0.39 is 0 Å². The van der Waals surface area contributed by atoms with Crippen molar-refractivity contribution in [3.8, 4) is 0 Å². The van der Waals surface area contributed by atoms with Crippen molar-refractivity contribution in [3.05, 3.63) is 47.5 Å². The molecule has 0 radical (unpaired) electrons. The van der Waals surface area contributed by atoms with E-state index >= 15 is 0 Å². The fourth-order valence-electron chi connectivity index (χ4n) is 4.83. The van der Waals surface area contributed by atoms with E-state index in [1.54, 1.807) is 4.90 Å². The third kappa shape index (κ3) is 3.13. The molecule has 1 saturated heterocycles. The summed E-state index contributed by atoms with van der Waals surface area (Å²) in [6.07, 6.45) is 7.92. The van der Waals surface area contributed by atoms with Gasteiger partial charge in [0.15, 0.2) is 0 Å². The molecule has 2 nitrogen and oxygen atoms in total. The van der Waals surface area contributed by atoms with Crippen molar-refractivity contribution >= 4 is 0 Å². The average Bonchev–Trinajstić information content (AvgIpc) is 3.14. The molecule has 1 heterocycles. The second kappa shape index (κ2) is 6.17. The summed E-state index contributed by atoms with van der Waals surface area (Å²) in [6.45, 7) is 10.3. The lowest BCUT2D eigenvalue weighted by atomic mass is 9.93. The van der Waals surface area contributed by atoms with Crippen LogP contribution >= 0.6 is 0 Å². The van der Waals surface area contributed by atoms with E-state index in [4.69, 9.17) is 0 Å². The molecule has 0 spiro atoms. The Morgan fingerprint density at radius 3 is 2.27 bits per heavy atom. The topological polar surface area (TPSA) is 8.88 Å². The summed E-state index contributed by atoms with van der Waals surface area (Å²) in [5.74, 6) is 2.85. The minimum Gasteiger partial charge on any atom is -0.325 e. The molecule has 1 aromatic rings. The summed E-state index contributed by atoms with van der Waals surface area (Å²) in [5, 5.41) is 0. The van der Waals surface area contributed by atoms with Crippen LogP contribution in [0.2, 0.25) is 0 Å². The molecule has 0 unspecified atom stereocenters. The number of fused-ring (bicyclic) bond motifs is 2. The largest absolute Gasteiger partial charge is 0.325 e. The van der Waals surface area contributed by atoms with Gasteiger partial charge in [0, 0.05) is 11.5 Å². The zero-order chi connectivity index (χ0) is 14.9. The standard InChI is InChI=1S/C20H28N2/c1-16-2-4-17(5-3-16)14-21-8-10-22(11-9-21)15-20-13-18-6-7-19(20)12-18/h2-7,18-20H,8-15H2,1H3/p+2/t18-,19+,20-/m1/s1. The Morgan fingerprint density at radius 1 is 0.909 bits per heavy atom. The molecule has 2 fully saturated rings. The van der Waals surface area contributed by atoms with Gasteiger partial charge in [0.25, 0.3) is 0 Å². The first-order valence-corrected chi connectivity index (χ1v) is 9.17. The van der Waals surface area contributed by atoms with Crippen LogP contribution in [0.4, 0.5) is 0 Å². The van der Waals surface area contributed by atoms with Crippen LogP contribution < -0.4 is 9.80 Å². The molecule has 4 rings (SSSR count). The average molecular weight is 298 g/mol. The second-order valence-corrected chi connectivity index (χ2v) is 7.91. The first-order valence-electron chi connectivity index (χ1n) is 9.17. The van der Waals surface area contributed by atoms with Crippen LogP contribution in [0.3, 0.4) is 0 Å². The lowest BCUT2D eigenvalue weighted by Gasteiger charge is -2.32. The molecule has 0 aromatic heterocycles. The Labute approximate surface area is 134 Å². The molecule has 1 aliphatic heterocycles. The fourth-order valence-corrected chi connectivity index (χ4v) is 4.83. The summed E-state index contributed by atoms with van der Waals surface area (Å²) in [4.78, 5) is 3.65. The van der Waals surface area contributed by atoms with Crippen LogP contribution in [0.1, 0.15) is 24.0 Å². The Bertz CT molecular complexity index is 525. The van der Waals surface area contributed by atoms with Gasteiger partial charge in [-0.1, -0.05) is 42.0 Å². The highest BCUT2D eigenvalue weighted by atomic mass is 15.3. The highest BCUT2D eigenvalue weighted by Gasteiger charge is 2.38. The van der Waals surface area contributed by atoms with Crippen LogP contribution in [0.25, 0.3) is 0 Å². The normalized spacial score (nSPS) is 36.9. The van der Waals surface area contributed by atoms with Gasteiger partial charge in [-0.15, -0.1) is 0 Å². The van der Waals surface area contributed by atoms with E-state index in [0.29, 0.717) is 0 Å². The van der Waals surface area contributed by atoms with Crippen molar-refractivity contribution < 1.29 is 9.80 Å². The zero-order valence-corrected chi connectivity index (χ0v) is 13.9. The Hall–Kier alpha value is -1.12. The lowest BCUT2D eigenvalue weighted by molar-refractivity contribution is -1.02. The van der Waals surface area contributed by atoms with Crippen molar-refractivity contribution in [1.29, 1.82) is 0 Å². The summed E-state index contributed by atoms with van der Waals surface area (Å²) >= 11 is 0. The summed E-state index contributed by atoms with van der Waals surface area (Å²) < 4.78 is 0. The van der Waals surface area contributed by atoms with Crippen LogP contribution in [0, 0.1) is 24.7 Å². The smallest absolute Gasteiger partial charge is 0.127 e. The van der Waals surface area contributed by atoms with Gasteiger partial charge < -0.3 is 9.80 Å². The molecule has 118 valence electrons.